The SMILES string of the molecule is CCN1CCCC(Nc2cc(F)c(F)c(F)c2)CC1. The molecule has 2 nitrogen and oxygen atoms in total. The fraction of sp³-hybridized carbons (Fsp3) is 0.571. The first-order chi connectivity index (χ1) is 9.10. The summed E-state index contributed by atoms with van der Waals surface area (Å²) >= 11 is 0. The van der Waals surface area contributed by atoms with Gasteiger partial charge >= 0.3 is 0 Å². The molecule has 1 N–H and O–H groups in total. The van der Waals surface area contributed by atoms with Crippen LogP contribution in [-0.4, -0.2) is 30.6 Å². The Morgan fingerprint density at radius 1 is 1.16 bits per heavy atom. The van der Waals surface area contributed by atoms with Gasteiger partial charge in [0.05, 0.1) is 0 Å². The third kappa shape index (κ3) is 3.62. The van der Waals surface area contributed by atoms with Crippen molar-refractivity contribution in [2.45, 2.75) is 32.2 Å². The zero-order chi connectivity index (χ0) is 13.8. The van der Waals surface area contributed by atoms with Gasteiger partial charge in [0.25, 0.3) is 0 Å². The fourth-order valence-corrected chi connectivity index (χ4v) is 2.49. The monoisotopic (exact) mass is 272 g/mol. The van der Waals surface area contributed by atoms with Crippen LogP contribution in [0.25, 0.3) is 0 Å². The van der Waals surface area contributed by atoms with E-state index in [9.17, 15) is 13.2 Å². The van der Waals surface area contributed by atoms with Gasteiger partial charge in [0, 0.05) is 30.4 Å². The first kappa shape index (κ1) is 14.2. The molecule has 19 heavy (non-hydrogen) atoms. The van der Waals surface area contributed by atoms with E-state index in [0.717, 1.165) is 51.0 Å². The maximum Gasteiger partial charge on any atom is 0.194 e. The fourth-order valence-electron chi connectivity index (χ4n) is 2.49. The third-order valence-corrected chi connectivity index (χ3v) is 3.62. The normalized spacial score (nSPS) is 21.2. The molecule has 1 aliphatic rings. The maximum absolute atomic E-state index is 13.1. The van der Waals surface area contributed by atoms with Crippen molar-refractivity contribution >= 4 is 5.69 Å². The largest absolute Gasteiger partial charge is 0.382 e. The van der Waals surface area contributed by atoms with Crippen LogP contribution in [0.15, 0.2) is 12.1 Å². The molecule has 106 valence electrons. The first-order valence-corrected chi connectivity index (χ1v) is 6.73. The molecule has 2 rings (SSSR count). The minimum absolute atomic E-state index is 0.181. The van der Waals surface area contributed by atoms with Crippen molar-refractivity contribution in [1.29, 1.82) is 0 Å². The molecule has 0 amide bonds. The number of anilines is 1. The van der Waals surface area contributed by atoms with Crippen molar-refractivity contribution in [3.05, 3.63) is 29.6 Å². The van der Waals surface area contributed by atoms with Crippen LogP contribution in [-0.2, 0) is 0 Å². The molecule has 1 atom stereocenters. The minimum atomic E-state index is -1.41. The van der Waals surface area contributed by atoms with E-state index in [1.807, 2.05) is 0 Å². The van der Waals surface area contributed by atoms with Crippen molar-refractivity contribution in [2.24, 2.45) is 0 Å². The highest BCUT2D eigenvalue weighted by molar-refractivity contribution is 5.45. The second-order valence-electron chi connectivity index (χ2n) is 4.96. The van der Waals surface area contributed by atoms with E-state index in [-0.39, 0.29) is 6.04 Å². The number of likely N-dealkylation sites (tertiary alicyclic amines) is 1. The number of benzene rings is 1. The molecule has 1 aromatic rings. The Bertz CT molecular complexity index is 414. The molecule has 0 saturated carbocycles. The van der Waals surface area contributed by atoms with Gasteiger partial charge in [-0.2, -0.15) is 0 Å². The number of rotatable bonds is 3. The summed E-state index contributed by atoms with van der Waals surface area (Å²) in [4.78, 5) is 2.35. The lowest BCUT2D eigenvalue weighted by molar-refractivity contribution is 0.300. The maximum atomic E-state index is 13.1. The summed E-state index contributed by atoms with van der Waals surface area (Å²) in [5, 5.41) is 3.10. The first-order valence-electron chi connectivity index (χ1n) is 6.73. The summed E-state index contributed by atoms with van der Waals surface area (Å²) in [5.74, 6) is -3.71. The predicted octanol–water partition coefficient (Wildman–Crippen LogP) is 3.39. The average molecular weight is 272 g/mol. The molecule has 0 radical (unpaired) electrons. The Balaban J connectivity index is 2.01. The molecule has 0 aromatic heterocycles. The van der Waals surface area contributed by atoms with Crippen LogP contribution in [0.3, 0.4) is 0 Å². The summed E-state index contributed by atoms with van der Waals surface area (Å²) in [7, 11) is 0. The molecular formula is C14H19F3N2. The van der Waals surface area contributed by atoms with Gasteiger partial charge in [0.1, 0.15) is 0 Å². The van der Waals surface area contributed by atoms with Gasteiger partial charge in [0.2, 0.25) is 0 Å². The number of hydrogen-bond donors (Lipinski definition) is 1. The summed E-state index contributed by atoms with van der Waals surface area (Å²) in [6.07, 6.45) is 2.93. The highest BCUT2D eigenvalue weighted by Crippen LogP contribution is 2.21. The lowest BCUT2D eigenvalue weighted by atomic mass is 10.1. The van der Waals surface area contributed by atoms with Crippen LogP contribution < -0.4 is 5.32 Å². The lowest BCUT2D eigenvalue weighted by Gasteiger charge is -2.19. The van der Waals surface area contributed by atoms with Crippen LogP contribution in [0.4, 0.5) is 18.9 Å². The van der Waals surface area contributed by atoms with Crippen molar-refractivity contribution < 1.29 is 13.2 Å². The molecular weight excluding hydrogens is 253 g/mol. The zero-order valence-electron chi connectivity index (χ0n) is 11.1. The highest BCUT2D eigenvalue weighted by atomic mass is 19.2. The van der Waals surface area contributed by atoms with Gasteiger partial charge in [-0.05, 0) is 32.4 Å². The number of hydrogen-bond acceptors (Lipinski definition) is 2. The quantitative estimate of drug-likeness (QED) is 0.848. The summed E-state index contributed by atoms with van der Waals surface area (Å²) < 4.78 is 39.1. The van der Waals surface area contributed by atoms with E-state index in [1.165, 1.54) is 0 Å². The third-order valence-electron chi connectivity index (χ3n) is 3.62. The summed E-state index contributed by atoms with van der Waals surface area (Å²) in [6.45, 7) is 5.17. The van der Waals surface area contributed by atoms with Crippen LogP contribution >= 0.6 is 0 Å². The zero-order valence-corrected chi connectivity index (χ0v) is 11.1. The van der Waals surface area contributed by atoms with E-state index in [2.05, 4.69) is 17.1 Å². The van der Waals surface area contributed by atoms with Crippen LogP contribution in [0.2, 0.25) is 0 Å². The van der Waals surface area contributed by atoms with Gasteiger partial charge in [0.15, 0.2) is 17.5 Å². The van der Waals surface area contributed by atoms with Crippen LogP contribution in [0.5, 0.6) is 0 Å². The van der Waals surface area contributed by atoms with Crippen LogP contribution in [0, 0.1) is 17.5 Å². The molecule has 1 aromatic carbocycles. The lowest BCUT2D eigenvalue weighted by Crippen LogP contribution is -2.26. The molecule has 1 unspecified atom stereocenters. The smallest absolute Gasteiger partial charge is 0.194 e. The Kier molecular flexibility index (Phi) is 4.69. The van der Waals surface area contributed by atoms with Crippen molar-refractivity contribution in [3.63, 3.8) is 0 Å². The Morgan fingerprint density at radius 2 is 1.84 bits per heavy atom. The van der Waals surface area contributed by atoms with Crippen molar-refractivity contribution in [3.8, 4) is 0 Å². The van der Waals surface area contributed by atoms with Gasteiger partial charge < -0.3 is 10.2 Å². The van der Waals surface area contributed by atoms with E-state index >= 15 is 0 Å². The molecule has 1 aliphatic heterocycles. The molecule has 0 bridgehead atoms. The second kappa shape index (κ2) is 6.28. The highest BCUT2D eigenvalue weighted by Gasteiger charge is 2.17. The minimum Gasteiger partial charge on any atom is -0.382 e. The van der Waals surface area contributed by atoms with Gasteiger partial charge in [-0.3, -0.25) is 0 Å². The van der Waals surface area contributed by atoms with E-state index < -0.39 is 17.5 Å². The van der Waals surface area contributed by atoms with E-state index in [0.29, 0.717) is 5.69 Å². The Morgan fingerprint density at radius 3 is 2.47 bits per heavy atom. The second-order valence-corrected chi connectivity index (χ2v) is 4.96. The number of nitrogens with zero attached hydrogens (tertiary/aromatic N) is 1. The van der Waals surface area contributed by atoms with Crippen molar-refractivity contribution in [2.75, 3.05) is 25.0 Å². The standard InChI is InChI=1S/C14H19F3N2/c1-2-19-6-3-4-10(5-7-19)18-11-8-12(15)14(17)13(16)9-11/h8-10,18H,2-7H2,1H3. The topological polar surface area (TPSA) is 15.3 Å². The molecule has 1 fully saturated rings. The van der Waals surface area contributed by atoms with Gasteiger partial charge in [-0.1, -0.05) is 6.92 Å². The van der Waals surface area contributed by atoms with Gasteiger partial charge in [-0.15, -0.1) is 0 Å². The Labute approximate surface area is 111 Å². The number of halogens is 3. The molecule has 0 spiro atoms. The predicted molar refractivity (Wildman–Crippen MR) is 69.7 cm³/mol. The number of nitrogens with one attached hydrogen (secondary N) is 1. The van der Waals surface area contributed by atoms with E-state index in [4.69, 9.17) is 0 Å². The summed E-state index contributed by atoms with van der Waals surface area (Å²) in [5.41, 5.74) is 0.311. The van der Waals surface area contributed by atoms with Gasteiger partial charge in [-0.25, -0.2) is 13.2 Å². The Hall–Kier alpha value is -1.23. The van der Waals surface area contributed by atoms with E-state index in [1.54, 1.807) is 0 Å². The average Bonchev–Trinajstić information content (AvgIpc) is 2.61. The molecule has 1 saturated heterocycles. The molecule has 0 aliphatic carbocycles. The van der Waals surface area contributed by atoms with Crippen LogP contribution in [0.1, 0.15) is 26.2 Å². The van der Waals surface area contributed by atoms with Crippen molar-refractivity contribution in [1.82, 2.24) is 4.90 Å². The molecule has 1 heterocycles. The summed E-state index contributed by atoms with van der Waals surface area (Å²) in [6, 6.07) is 2.21. The molecule has 5 heteroatoms.